The average molecular weight is 317 g/mol. The summed E-state index contributed by atoms with van der Waals surface area (Å²) in [5.74, 6) is 0.683. The minimum Gasteiger partial charge on any atom is -0.356 e. The van der Waals surface area contributed by atoms with Crippen LogP contribution in [0.4, 0.5) is 0 Å². The number of aliphatic imine (C=N–C) groups is 1. The van der Waals surface area contributed by atoms with Crippen LogP contribution in [0.25, 0.3) is 0 Å². The largest absolute Gasteiger partial charge is 0.356 e. The Labute approximate surface area is 138 Å². The summed E-state index contributed by atoms with van der Waals surface area (Å²) in [5.41, 5.74) is 1.02. The van der Waals surface area contributed by atoms with Crippen molar-refractivity contribution in [2.75, 3.05) is 26.7 Å². The predicted octanol–water partition coefficient (Wildman–Crippen LogP) is 1.56. The number of carbonyl (C=O) groups excluding carboxylic acids is 1. The first kappa shape index (κ1) is 17.2. The van der Waals surface area contributed by atoms with E-state index >= 15 is 0 Å². The molecule has 0 spiro atoms. The van der Waals surface area contributed by atoms with E-state index in [2.05, 4.69) is 32.9 Å². The van der Waals surface area contributed by atoms with Crippen LogP contribution >= 0.6 is 0 Å². The third-order valence-corrected chi connectivity index (χ3v) is 4.65. The highest BCUT2D eigenvalue weighted by Gasteiger charge is 2.34. The number of hydrogen-bond donors (Lipinski definition) is 3. The molecule has 3 N–H and O–H groups in total. The molecule has 23 heavy (non-hydrogen) atoms. The van der Waals surface area contributed by atoms with Crippen molar-refractivity contribution in [3.05, 3.63) is 30.1 Å². The lowest BCUT2D eigenvalue weighted by Gasteiger charge is -2.41. The van der Waals surface area contributed by atoms with Crippen LogP contribution in [-0.4, -0.2) is 43.5 Å². The Bertz CT molecular complexity index is 520. The number of guanidine groups is 1. The fourth-order valence-corrected chi connectivity index (χ4v) is 2.78. The number of aromatic nitrogens is 1. The number of nitrogens with zero attached hydrogens (tertiary/aromatic N) is 2. The van der Waals surface area contributed by atoms with E-state index < -0.39 is 0 Å². The maximum absolute atomic E-state index is 11.9. The van der Waals surface area contributed by atoms with Crippen molar-refractivity contribution >= 4 is 11.9 Å². The van der Waals surface area contributed by atoms with Gasteiger partial charge < -0.3 is 16.0 Å². The highest BCUT2D eigenvalue weighted by Crippen LogP contribution is 2.42. The van der Waals surface area contributed by atoms with E-state index in [1.165, 1.54) is 25.7 Å². The average Bonchev–Trinajstić information content (AvgIpc) is 2.56. The van der Waals surface area contributed by atoms with Gasteiger partial charge in [0.1, 0.15) is 0 Å². The zero-order chi connectivity index (χ0) is 16.5. The van der Waals surface area contributed by atoms with Crippen molar-refractivity contribution < 1.29 is 4.79 Å². The zero-order valence-corrected chi connectivity index (χ0v) is 14.1. The first-order valence-corrected chi connectivity index (χ1v) is 8.32. The first-order chi connectivity index (χ1) is 11.2. The molecule has 1 aromatic rings. The molecule has 1 fully saturated rings. The number of nitrogens with one attached hydrogen (secondary N) is 3. The van der Waals surface area contributed by atoms with Crippen molar-refractivity contribution in [2.45, 2.75) is 32.6 Å². The molecule has 0 aliphatic heterocycles. The summed E-state index contributed by atoms with van der Waals surface area (Å²) in [6, 6.07) is 3.50. The lowest BCUT2D eigenvalue weighted by atomic mass is 9.67. The Morgan fingerprint density at radius 1 is 1.30 bits per heavy atom. The molecule has 0 saturated heterocycles. The maximum Gasteiger partial charge on any atom is 0.252 e. The molecule has 1 amide bonds. The third kappa shape index (κ3) is 4.94. The molecule has 2 rings (SSSR count). The third-order valence-electron chi connectivity index (χ3n) is 4.65. The Kier molecular flexibility index (Phi) is 6.38. The van der Waals surface area contributed by atoms with Crippen LogP contribution < -0.4 is 16.0 Å². The molecule has 0 bridgehead atoms. The van der Waals surface area contributed by atoms with E-state index in [0.29, 0.717) is 24.1 Å². The lowest BCUT2D eigenvalue weighted by Crippen LogP contribution is -2.47. The summed E-state index contributed by atoms with van der Waals surface area (Å²) < 4.78 is 0. The van der Waals surface area contributed by atoms with Gasteiger partial charge in [0.25, 0.3) is 5.91 Å². The quantitative estimate of drug-likeness (QED) is 0.405. The molecule has 0 radical (unpaired) electrons. The second-order valence-corrected chi connectivity index (χ2v) is 6.06. The number of pyridine rings is 1. The summed E-state index contributed by atoms with van der Waals surface area (Å²) in [6.07, 6.45) is 8.36. The van der Waals surface area contributed by atoms with Crippen LogP contribution in [0.2, 0.25) is 0 Å². The van der Waals surface area contributed by atoms with Gasteiger partial charge in [0.05, 0.1) is 5.56 Å². The lowest BCUT2D eigenvalue weighted by molar-refractivity contribution is 0.0954. The number of amides is 1. The molecule has 1 heterocycles. The second-order valence-electron chi connectivity index (χ2n) is 6.06. The monoisotopic (exact) mass is 317 g/mol. The van der Waals surface area contributed by atoms with Gasteiger partial charge in [0.15, 0.2) is 5.96 Å². The van der Waals surface area contributed by atoms with Crippen LogP contribution in [-0.2, 0) is 0 Å². The standard InChI is InChI=1S/C17H27N5O/c1-3-17(7-5-8-17)13-22-16(18-2)21-11-10-20-15(23)14-6-4-9-19-12-14/h4,6,9,12H,3,5,7-8,10-11,13H2,1-2H3,(H,20,23)(H2,18,21,22). The van der Waals surface area contributed by atoms with Gasteiger partial charge in [0, 0.05) is 39.1 Å². The van der Waals surface area contributed by atoms with Crippen LogP contribution in [0.5, 0.6) is 0 Å². The van der Waals surface area contributed by atoms with E-state index in [9.17, 15) is 4.79 Å². The summed E-state index contributed by atoms with van der Waals surface area (Å²) in [7, 11) is 1.77. The summed E-state index contributed by atoms with van der Waals surface area (Å²) >= 11 is 0. The Balaban J connectivity index is 1.65. The fourth-order valence-electron chi connectivity index (χ4n) is 2.78. The van der Waals surface area contributed by atoms with Gasteiger partial charge in [-0.3, -0.25) is 14.8 Å². The maximum atomic E-state index is 11.9. The van der Waals surface area contributed by atoms with Crippen molar-refractivity contribution in [2.24, 2.45) is 10.4 Å². The number of carbonyl (C=O) groups is 1. The van der Waals surface area contributed by atoms with Crippen LogP contribution in [0.3, 0.4) is 0 Å². The predicted molar refractivity (Wildman–Crippen MR) is 92.5 cm³/mol. The van der Waals surface area contributed by atoms with Crippen LogP contribution in [0.15, 0.2) is 29.5 Å². The van der Waals surface area contributed by atoms with Crippen LogP contribution in [0, 0.1) is 5.41 Å². The Morgan fingerprint density at radius 2 is 2.09 bits per heavy atom. The molecule has 1 aromatic heterocycles. The molecule has 0 unspecified atom stereocenters. The van der Waals surface area contributed by atoms with Gasteiger partial charge in [-0.2, -0.15) is 0 Å². The molecule has 6 nitrogen and oxygen atoms in total. The smallest absolute Gasteiger partial charge is 0.252 e. The summed E-state index contributed by atoms with van der Waals surface area (Å²) in [6.45, 7) is 4.38. The molecular weight excluding hydrogens is 290 g/mol. The fraction of sp³-hybridized carbons (Fsp3) is 0.588. The van der Waals surface area contributed by atoms with Gasteiger partial charge in [0.2, 0.25) is 0 Å². The first-order valence-electron chi connectivity index (χ1n) is 8.32. The Morgan fingerprint density at radius 3 is 2.65 bits per heavy atom. The summed E-state index contributed by atoms with van der Waals surface area (Å²) in [5, 5.41) is 9.49. The van der Waals surface area contributed by atoms with E-state index in [0.717, 1.165) is 12.5 Å². The molecule has 0 atom stereocenters. The minimum atomic E-state index is -0.109. The molecular formula is C17H27N5O. The Hall–Kier alpha value is -2.11. The van der Waals surface area contributed by atoms with Crippen LogP contribution in [0.1, 0.15) is 43.0 Å². The highest BCUT2D eigenvalue weighted by atomic mass is 16.1. The number of rotatable bonds is 7. The van der Waals surface area contributed by atoms with Gasteiger partial charge in [-0.1, -0.05) is 13.3 Å². The molecule has 1 aliphatic carbocycles. The SMILES string of the molecule is CCC1(CNC(=NC)NCCNC(=O)c2cccnc2)CCC1. The van der Waals surface area contributed by atoms with E-state index in [1.807, 2.05) is 0 Å². The normalized spacial score (nSPS) is 16.3. The van der Waals surface area contributed by atoms with E-state index in [-0.39, 0.29) is 5.91 Å². The molecule has 1 aliphatic rings. The second kappa shape index (κ2) is 8.50. The molecule has 6 heteroatoms. The molecule has 1 saturated carbocycles. The van der Waals surface area contributed by atoms with Gasteiger partial charge in [-0.05, 0) is 36.8 Å². The van der Waals surface area contributed by atoms with Crippen molar-refractivity contribution in [1.82, 2.24) is 20.9 Å². The number of hydrogen-bond acceptors (Lipinski definition) is 3. The van der Waals surface area contributed by atoms with Crippen molar-refractivity contribution in [3.8, 4) is 0 Å². The minimum absolute atomic E-state index is 0.109. The highest BCUT2D eigenvalue weighted by molar-refractivity contribution is 5.93. The van der Waals surface area contributed by atoms with E-state index in [1.54, 1.807) is 31.6 Å². The zero-order valence-electron chi connectivity index (χ0n) is 14.1. The van der Waals surface area contributed by atoms with Gasteiger partial charge >= 0.3 is 0 Å². The molecule has 0 aromatic carbocycles. The van der Waals surface area contributed by atoms with Crippen molar-refractivity contribution in [3.63, 3.8) is 0 Å². The van der Waals surface area contributed by atoms with E-state index in [4.69, 9.17) is 0 Å². The van der Waals surface area contributed by atoms with Crippen molar-refractivity contribution in [1.29, 1.82) is 0 Å². The van der Waals surface area contributed by atoms with Gasteiger partial charge in [-0.25, -0.2) is 0 Å². The summed E-state index contributed by atoms with van der Waals surface area (Å²) in [4.78, 5) is 20.0. The molecule has 126 valence electrons. The van der Waals surface area contributed by atoms with Gasteiger partial charge in [-0.15, -0.1) is 0 Å². The topological polar surface area (TPSA) is 78.4 Å².